The lowest BCUT2D eigenvalue weighted by Gasteiger charge is -2.31. The quantitative estimate of drug-likeness (QED) is 0.410. The molecule has 0 aliphatic heterocycles. The lowest BCUT2D eigenvalue weighted by Crippen LogP contribution is -2.30. The third-order valence-corrected chi connectivity index (χ3v) is 6.44. The Labute approximate surface area is 183 Å². The summed E-state index contributed by atoms with van der Waals surface area (Å²) < 4.78 is 0. The zero-order valence-corrected chi connectivity index (χ0v) is 19.8. The van der Waals surface area contributed by atoms with Crippen LogP contribution < -0.4 is 0 Å². The molecule has 1 aliphatic carbocycles. The topological polar surface area (TPSA) is 51.2 Å². The van der Waals surface area contributed by atoms with Gasteiger partial charge in [-0.3, -0.25) is 14.4 Å². The minimum atomic E-state index is -0.0874. The van der Waals surface area contributed by atoms with E-state index < -0.39 is 0 Å². The highest BCUT2D eigenvalue weighted by atomic mass is 16.1. The van der Waals surface area contributed by atoms with Gasteiger partial charge in [0, 0.05) is 24.3 Å². The standard InChI is InChI=1S/C27H40O3/c1-7-10-20(23(8-2)24(29)16-22(28)17-27(4,5)6)13-19-14-21-12-9-11-18(3)26(21)25(30)15-19/h9,11-12,19-20,23H,7-8,10,13-17H2,1-6H3. The zero-order chi connectivity index (χ0) is 22.5. The number of carbonyl (C=O) groups is 3. The van der Waals surface area contributed by atoms with E-state index in [-0.39, 0.29) is 46.9 Å². The summed E-state index contributed by atoms with van der Waals surface area (Å²) in [6, 6.07) is 6.12. The van der Waals surface area contributed by atoms with Gasteiger partial charge in [0.1, 0.15) is 11.6 Å². The molecule has 1 aromatic rings. The Kier molecular flexibility index (Phi) is 8.58. The molecule has 3 atom stereocenters. The molecule has 3 nitrogen and oxygen atoms in total. The van der Waals surface area contributed by atoms with E-state index in [4.69, 9.17) is 0 Å². The molecule has 0 fully saturated rings. The van der Waals surface area contributed by atoms with Crippen LogP contribution >= 0.6 is 0 Å². The molecule has 0 aromatic heterocycles. The number of fused-ring (bicyclic) bond motifs is 1. The molecular formula is C27H40O3. The van der Waals surface area contributed by atoms with E-state index in [1.807, 2.05) is 39.8 Å². The molecule has 0 saturated carbocycles. The Morgan fingerprint density at radius 1 is 1.13 bits per heavy atom. The first-order valence-electron chi connectivity index (χ1n) is 11.7. The van der Waals surface area contributed by atoms with E-state index >= 15 is 0 Å². The van der Waals surface area contributed by atoms with Gasteiger partial charge >= 0.3 is 0 Å². The molecular weight excluding hydrogens is 372 g/mol. The number of Topliss-reactive ketones (excluding diaryl/α,β-unsaturated/α-hetero) is 3. The number of rotatable bonds is 10. The first-order chi connectivity index (χ1) is 14.1. The van der Waals surface area contributed by atoms with Crippen LogP contribution in [-0.2, 0) is 16.0 Å². The van der Waals surface area contributed by atoms with Crippen molar-refractivity contribution in [3.05, 3.63) is 34.9 Å². The van der Waals surface area contributed by atoms with Gasteiger partial charge in [0.2, 0.25) is 0 Å². The number of carbonyl (C=O) groups excluding carboxylic acids is 3. The molecule has 1 aromatic carbocycles. The summed E-state index contributed by atoms with van der Waals surface area (Å²) in [5.41, 5.74) is 3.05. The molecule has 1 aliphatic rings. The molecule has 0 bridgehead atoms. The van der Waals surface area contributed by atoms with Gasteiger partial charge in [-0.25, -0.2) is 0 Å². The van der Waals surface area contributed by atoms with Crippen LogP contribution in [0, 0.1) is 30.1 Å². The van der Waals surface area contributed by atoms with Crippen LogP contribution in [-0.4, -0.2) is 17.3 Å². The fourth-order valence-electron chi connectivity index (χ4n) is 5.30. The largest absolute Gasteiger partial charge is 0.299 e. The van der Waals surface area contributed by atoms with Crippen molar-refractivity contribution in [3.63, 3.8) is 0 Å². The lowest BCUT2D eigenvalue weighted by molar-refractivity contribution is -0.131. The van der Waals surface area contributed by atoms with Gasteiger partial charge in [0.25, 0.3) is 0 Å². The number of benzene rings is 1. The van der Waals surface area contributed by atoms with Crippen molar-refractivity contribution in [2.24, 2.45) is 23.2 Å². The maximum Gasteiger partial charge on any atom is 0.163 e. The predicted molar refractivity (Wildman–Crippen MR) is 123 cm³/mol. The lowest BCUT2D eigenvalue weighted by atomic mass is 9.72. The Balaban J connectivity index is 2.11. The van der Waals surface area contributed by atoms with Gasteiger partial charge in [-0.15, -0.1) is 0 Å². The zero-order valence-electron chi connectivity index (χ0n) is 19.8. The minimum Gasteiger partial charge on any atom is -0.299 e. The summed E-state index contributed by atoms with van der Waals surface area (Å²) in [6.45, 7) is 12.3. The normalized spacial score (nSPS) is 18.6. The van der Waals surface area contributed by atoms with Crippen LogP contribution in [0.2, 0.25) is 0 Å². The molecule has 3 unspecified atom stereocenters. The van der Waals surface area contributed by atoms with Crippen LogP contribution in [0.3, 0.4) is 0 Å². The van der Waals surface area contributed by atoms with E-state index in [2.05, 4.69) is 19.9 Å². The van der Waals surface area contributed by atoms with Crippen LogP contribution in [0.4, 0.5) is 0 Å². The SMILES string of the molecule is CCCC(CC1CC(=O)c2c(C)cccc2C1)C(CC)C(=O)CC(=O)CC(C)(C)C. The Bertz CT molecular complexity index is 769. The van der Waals surface area contributed by atoms with E-state index in [0.29, 0.717) is 12.8 Å². The molecule has 0 N–H and O–H groups in total. The van der Waals surface area contributed by atoms with Crippen molar-refractivity contribution in [1.29, 1.82) is 0 Å². The van der Waals surface area contributed by atoms with Gasteiger partial charge in [-0.2, -0.15) is 0 Å². The third kappa shape index (κ3) is 6.62. The molecule has 0 saturated heterocycles. The number of hydrogen-bond donors (Lipinski definition) is 0. The smallest absolute Gasteiger partial charge is 0.163 e. The van der Waals surface area contributed by atoms with Gasteiger partial charge < -0.3 is 0 Å². The predicted octanol–water partition coefficient (Wildman–Crippen LogP) is 6.54. The second-order valence-electron chi connectivity index (χ2n) is 10.5. The van der Waals surface area contributed by atoms with Crippen molar-refractivity contribution >= 4 is 17.3 Å². The highest BCUT2D eigenvalue weighted by Gasteiger charge is 2.33. The van der Waals surface area contributed by atoms with Gasteiger partial charge in [-0.1, -0.05) is 65.7 Å². The summed E-state index contributed by atoms with van der Waals surface area (Å²) in [6.07, 6.45) is 5.64. The summed E-state index contributed by atoms with van der Waals surface area (Å²) in [7, 11) is 0. The van der Waals surface area contributed by atoms with Crippen molar-refractivity contribution in [3.8, 4) is 0 Å². The van der Waals surface area contributed by atoms with E-state index in [9.17, 15) is 14.4 Å². The monoisotopic (exact) mass is 412 g/mol. The second-order valence-corrected chi connectivity index (χ2v) is 10.5. The van der Waals surface area contributed by atoms with Gasteiger partial charge in [0.15, 0.2) is 5.78 Å². The first-order valence-corrected chi connectivity index (χ1v) is 11.7. The molecule has 3 heteroatoms. The molecule has 30 heavy (non-hydrogen) atoms. The molecule has 0 heterocycles. The Morgan fingerprint density at radius 3 is 2.43 bits per heavy atom. The average Bonchev–Trinajstić information content (AvgIpc) is 2.60. The fraction of sp³-hybridized carbons (Fsp3) is 0.667. The highest BCUT2D eigenvalue weighted by Crippen LogP contribution is 2.36. The molecule has 0 amide bonds. The van der Waals surface area contributed by atoms with Crippen molar-refractivity contribution in [2.45, 2.75) is 92.9 Å². The molecule has 0 radical (unpaired) electrons. The van der Waals surface area contributed by atoms with E-state index in [1.54, 1.807) is 0 Å². The van der Waals surface area contributed by atoms with Crippen molar-refractivity contribution in [1.82, 2.24) is 0 Å². The molecule has 2 rings (SSSR count). The number of aryl methyl sites for hydroxylation is 1. The third-order valence-electron chi connectivity index (χ3n) is 6.44. The Morgan fingerprint density at radius 2 is 1.83 bits per heavy atom. The second kappa shape index (κ2) is 10.5. The summed E-state index contributed by atoms with van der Waals surface area (Å²) in [4.78, 5) is 38.3. The van der Waals surface area contributed by atoms with Crippen LogP contribution in [0.25, 0.3) is 0 Å². The first kappa shape index (κ1) is 24.5. The van der Waals surface area contributed by atoms with E-state index in [0.717, 1.165) is 48.8 Å². The molecule has 166 valence electrons. The highest BCUT2D eigenvalue weighted by molar-refractivity contribution is 6.01. The Hall–Kier alpha value is -1.77. The van der Waals surface area contributed by atoms with Crippen LogP contribution in [0.1, 0.15) is 101 Å². The summed E-state index contributed by atoms with van der Waals surface area (Å²) >= 11 is 0. The fourth-order valence-corrected chi connectivity index (χ4v) is 5.30. The number of hydrogen-bond acceptors (Lipinski definition) is 3. The van der Waals surface area contributed by atoms with Gasteiger partial charge in [-0.05, 0) is 54.6 Å². The van der Waals surface area contributed by atoms with Crippen LogP contribution in [0.15, 0.2) is 18.2 Å². The molecule has 0 spiro atoms. The maximum atomic E-state index is 13.0. The maximum absolute atomic E-state index is 13.0. The minimum absolute atomic E-state index is 0.0541. The summed E-state index contributed by atoms with van der Waals surface area (Å²) in [5, 5.41) is 0. The van der Waals surface area contributed by atoms with Gasteiger partial charge in [0.05, 0.1) is 6.42 Å². The van der Waals surface area contributed by atoms with Crippen molar-refractivity contribution in [2.75, 3.05) is 0 Å². The van der Waals surface area contributed by atoms with Crippen molar-refractivity contribution < 1.29 is 14.4 Å². The average molecular weight is 413 g/mol. The van der Waals surface area contributed by atoms with Crippen LogP contribution in [0.5, 0.6) is 0 Å². The van der Waals surface area contributed by atoms with E-state index in [1.165, 1.54) is 0 Å². The summed E-state index contributed by atoms with van der Waals surface area (Å²) in [5.74, 6) is 0.855. The number of ketones is 3.